The van der Waals surface area contributed by atoms with Crippen LogP contribution in [0.4, 0.5) is 0 Å². The molecule has 4 heteroatoms. The Morgan fingerprint density at radius 3 is 2.52 bits per heavy atom. The summed E-state index contributed by atoms with van der Waals surface area (Å²) in [6.07, 6.45) is 8.20. The highest BCUT2D eigenvalue weighted by molar-refractivity contribution is 9.10. The zero-order valence-electron chi connectivity index (χ0n) is 15.7. The molecule has 138 valence electrons. The van der Waals surface area contributed by atoms with Crippen molar-refractivity contribution < 1.29 is 0 Å². The first-order valence-electron chi connectivity index (χ1n) is 8.77. The van der Waals surface area contributed by atoms with Gasteiger partial charge in [-0.15, -0.1) is 0 Å². The van der Waals surface area contributed by atoms with Crippen LogP contribution in [0.2, 0.25) is 0 Å². The number of benzene rings is 2. The average Bonchev–Trinajstić information content (AvgIpc) is 2.69. The van der Waals surface area contributed by atoms with Gasteiger partial charge in [-0.3, -0.25) is 5.41 Å². The van der Waals surface area contributed by atoms with E-state index in [4.69, 9.17) is 11.1 Å². The first-order valence-corrected chi connectivity index (χ1v) is 9.57. The molecular formula is C23H24BrN3. The van der Waals surface area contributed by atoms with Crippen molar-refractivity contribution in [2.45, 2.75) is 20.3 Å². The van der Waals surface area contributed by atoms with Gasteiger partial charge in [0.2, 0.25) is 0 Å². The van der Waals surface area contributed by atoms with E-state index in [2.05, 4.69) is 52.6 Å². The molecule has 0 fully saturated rings. The van der Waals surface area contributed by atoms with Crippen LogP contribution < -0.4 is 5.73 Å². The molecule has 2 rings (SSSR count). The predicted molar refractivity (Wildman–Crippen MR) is 121 cm³/mol. The van der Waals surface area contributed by atoms with Crippen LogP contribution in [0.5, 0.6) is 0 Å². The highest BCUT2D eigenvalue weighted by Crippen LogP contribution is 2.29. The van der Waals surface area contributed by atoms with E-state index in [0.29, 0.717) is 11.1 Å². The molecule has 3 nitrogen and oxygen atoms in total. The summed E-state index contributed by atoms with van der Waals surface area (Å²) in [4.78, 5) is 4.21. The van der Waals surface area contributed by atoms with Crippen molar-refractivity contribution in [3.8, 4) is 11.1 Å². The van der Waals surface area contributed by atoms with Crippen molar-refractivity contribution in [2.24, 2.45) is 10.7 Å². The van der Waals surface area contributed by atoms with Crippen molar-refractivity contribution in [1.29, 1.82) is 5.41 Å². The average molecular weight is 422 g/mol. The maximum absolute atomic E-state index is 8.23. The Balaban J connectivity index is 2.28. The van der Waals surface area contributed by atoms with Gasteiger partial charge in [0.15, 0.2) is 5.84 Å². The van der Waals surface area contributed by atoms with E-state index in [1.54, 1.807) is 6.08 Å². The van der Waals surface area contributed by atoms with Crippen LogP contribution in [0.1, 0.15) is 25.0 Å². The lowest BCUT2D eigenvalue weighted by Crippen LogP contribution is -2.16. The van der Waals surface area contributed by atoms with E-state index >= 15 is 0 Å². The number of hydrogen-bond donors (Lipinski definition) is 2. The summed E-state index contributed by atoms with van der Waals surface area (Å²) in [5.41, 5.74) is 10.9. The van der Waals surface area contributed by atoms with E-state index in [0.717, 1.165) is 22.0 Å². The third-order valence-electron chi connectivity index (χ3n) is 4.12. The molecule has 0 aromatic heterocycles. The zero-order chi connectivity index (χ0) is 19.8. The first-order chi connectivity index (χ1) is 13.0. The molecule has 0 aliphatic carbocycles. The fourth-order valence-corrected chi connectivity index (χ4v) is 3.00. The molecule has 0 radical (unpaired) electrons. The summed E-state index contributed by atoms with van der Waals surface area (Å²) < 4.78 is 1.05. The monoisotopic (exact) mass is 421 g/mol. The Labute approximate surface area is 169 Å². The number of nitrogens with one attached hydrogen (secondary N) is 1. The van der Waals surface area contributed by atoms with Crippen LogP contribution in [0.3, 0.4) is 0 Å². The number of halogens is 1. The van der Waals surface area contributed by atoms with E-state index < -0.39 is 0 Å². The van der Waals surface area contributed by atoms with Gasteiger partial charge in [-0.05, 0) is 36.1 Å². The van der Waals surface area contributed by atoms with Crippen molar-refractivity contribution in [2.75, 3.05) is 0 Å². The lowest BCUT2D eigenvalue weighted by atomic mass is 10.0. The molecule has 27 heavy (non-hydrogen) atoms. The van der Waals surface area contributed by atoms with Crippen molar-refractivity contribution in [3.63, 3.8) is 0 Å². The van der Waals surface area contributed by atoms with Gasteiger partial charge in [-0.25, -0.2) is 4.99 Å². The van der Waals surface area contributed by atoms with E-state index in [1.807, 2.05) is 49.4 Å². The molecule has 2 aromatic rings. The molecule has 0 aliphatic rings. The summed E-state index contributed by atoms with van der Waals surface area (Å²) >= 11 is 3.62. The summed E-state index contributed by atoms with van der Waals surface area (Å²) in [7, 11) is 0. The zero-order valence-corrected chi connectivity index (χ0v) is 17.3. The molecule has 2 aromatic carbocycles. The molecule has 0 heterocycles. The maximum atomic E-state index is 8.23. The van der Waals surface area contributed by atoms with Gasteiger partial charge in [0.25, 0.3) is 0 Å². The second-order valence-corrected chi connectivity index (χ2v) is 6.80. The number of rotatable bonds is 6. The molecule has 0 unspecified atom stereocenters. The van der Waals surface area contributed by atoms with Crippen LogP contribution in [0, 0.1) is 5.41 Å². The maximum Gasteiger partial charge on any atom is 0.154 e. The van der Waals surface area contributed by atoms with E-state index in [-0.39, 0.29) is 11.7 Å². The number of amidine groups is 2. The van der Waals surface area contributed by atoms with Gasteiger partial charge in [-0.2, -0.15) is 0 Å². The Hall–Kier alpha value is -2.72. The fraction of sp³-hybridized carbons (Fsp3) is 0.130. The number of aryl methyl sites for hydroxylation is 1. The third kappa shape index (κ3) is 5.38. The van der Waals surface area contributed by atoms with Gasteiger partial charge in [0.05, 0.1) is 0 Å². The molecule has 0 amide bonds. The Bertz CT molecular complexity index is 919. The predicted octanol–water partition coefficient (Wildman–Crippen LogP) is 6.05. The molecule has 3 N–H and O–H groups in total. The normalized spacial score (nSPS) is 12.4. The second-order valence-electron chi connectivity index (χ2n) is 5.94. The smallest absolute Gasteiger partial charge is 0.154 e. The van der Waals surface area contributed by atoms with E-state index in [1.165, 1.54) is 5.56 Å². The topological polar surface area (TPSA) is 62.2 Å². The van der Waals surface area contributed by atoms with Crippen molar-refractivity contribution in [1.82, 2.24) is 0 Å². The van der Waals surface area contributed by atoms with Crippen LogP contribution >= 0.6 is 15.9 Å². The number of nitrogens with zero attached hydrogens (tertiary/aromatic N) is 1. The molecule has 0 atom stereocenters. The first kappa shape index (κ1) is 20.6. The van der Waals surface area contributed by atoms with Gasteiger partial charge in [0.1, 0.15) is 5.84 Å². The SMILES string of the molecule is C=C/C(=C\C=C/C)C(N)=NC(=N)c1ccc(-c2cc(CC)ccc2Br)cc1. The molecule has 0 bridgehead atoms. The Morgan fingerprint density at radius 1 is 1.22 bits per heavy atom. The van der Waals surface area contributed by atoms with Crippen LogP contribution in [-0.4, -0.2) is 11.7 Å². The number of hydrogen-bond acceptors (Lipinski definition) is 1. The minimum atomic E-state index is 0.119. The molecular weight excluding hydrogens is 398 g/mol. The van der Waals surface area contributed by atoms with Crippen molar-refractivity contribution in [3.05, 3.63) is 94.5 Å². The highest BCUT2D eigenvalue weighted by Gasteiger charge is 2.07. The van der Waals surface area contributed by atoms with E-state index in [9.17, 15) is 0 Å². The minimum absolute atomic E-state index is 0.119. The van der Waals surface area contributed by atoms with Crippen LogP contribution in [0.15, 0.2) is 88.4 Å². The molecule has 0 spiro atoms. The standard InChI is InChI=1S/C23H24BrN3/c1-4-7-8-17(6-3)22(25)27-23(26)19-12-10-18(11-13-19)20-15-16(5-2)9-14-21(20)24/h4,6-15H,3,5H2,1-2H3,(H3,25,26,27)/b7-4-,17-8+. The molecule has 0 aliphatic heterocycles. The van der Waals surface area contributed by atoms with Gasteiger partial charge < -0.3 is 5.73 Å². The third-order valence-corrected chi connectivity index (χ3v) is 4.82. The second kappa shape index (κ2) is 9.83. The number of nitrogens with two attached hydrogens (primary N) is 1. The fourth-order valence-electron chi connectivity index (χ4n) is 2.53. The summed E-state index contributed by atoms with van der Waals surface area (Å²) in [6.45, 7) is 7.80. The highest BCUT2D eigenvalue weighted by atomic mass is 79.9. The Kier molecular flexibility index (Phi) is 7.50. The summed E-state index contributed by atoms with van der Waals surface area (Å²) in [5, 5.41) is 8.23. The number of aliphatic imine (C=N–C) groups is 1. The Morgan fingerprint density at radius 2 is 1.93 bits per heavy atom. The van der Waals surface area contributed by atoms with Crippen LogP contribution in [-0.2, 0) is 6.42 Å². The van der Waals surface area contributed by atoms with Gasteiger partial charge in [-0.1, -0.05) is 90.1 Å². The summed E-state index contributed by atoms with van der Waals surface area (Å²) in [5.74, 6) is 0.393. The van der Waals surface area contributed by atoms with Crippen molar-refractivity contribution >= 4 is 27.6 Å². The van der Waals surface area contributed by atoms with Gasteiger partial charge in [0, 0.05) is 15.6 Å². The minimum Gasteiger partial charge on any atom is -0.383 e. The largest absolute Gasteiger partial charge is 0.383 e. The lowest BCUT2D eigenvalue weighted by molar-refractivity contribution is 1.14. The summed E-state index contributed by atoms with van der Waals surface area (Å²) in [6, 6.07) is 14.2. The number of allylic oxidation sites excluding steroid dienone is 3. The quantitative estimate of drug-likeness (QED) is 0.332. The molecule has 0 saturated heterocycles. The van der Waals surface area contributed by atoms with Crippen LogP contribution in [0.25, 0.3) is 11.1 Å². The lowest BCUT2D eigenvalue weighted by Gasteiger charge is -2.08. The van der Waals surface area contributed by atoms with Gasteiger partial charge >= 0.3 is 0 Å². The molecule has 0 saturated carbocycles.